The molecule has 30 heavy (non-hydrogen) atoms. The molecule has 0 saturated heterocycles. The Balaban J connectivity index is 1.59. The average molecular weight is 421 g/mol. The number of nitrogens with one attached hydrogen (secondary N) is 1. The van der Waals surface area contributed by atoms with Gasteiger partial charge in [0.15, 0.2) is 0 Å². The summed E-state index contributed by atoms with van der Waals surface area (Å²) in [6.07, 6.45) is 6.03. The van der Waals surface area contributed by atoms with Gasteiger partial charge in [0, 0.05) is 17.0 Å². The molecule has 0 aromatic heterocycles. The summed E-state index contributed by atoms with van der Waals surface area (Å²) in [5, 5.41) is 3.13. The van der Waals surface area contributed by atoms with E-state index in [0.29, 0.717) is 17.4 Å². The van der Waals surface area contributed by atoms with Crippen molar-refractivity contribution in [2.24, 2.45) is 5.92 Å². The van der Waals surface area contributed by atoms with Crippen LogP contribution in [0.15, 0.2) is 64.4 Å². The Bertz CT molecular complexity index is 985. The molecule has 1 fully saturated rings. The van der Waals surface area contributed by atoms with Crippen LogP contribution in [0.4, 0.5) is 5.69 Å². The van der Waals surface area contributed by atoms with Gasteiger partial charge >= 0.3 is 0 Å². The van der Waals surface area contributed by atoms with Crippen molar-refractivity contribution in [3.8, 4) is 0 Å². The van der Waals surface area contributed by atoms with Gasteiger partial charge in [0.1, 0.15) is 0 Å². The molecule has 1 saturated carbocycles. The highest BCUT2D eigenvalue weighted by Gasteiger charge is 2.30. The van der Waals surface area contributed by atoms with Crippen LogP contribution < -0.4 is 10.2 Å². The molecule has 4 nitrogen and oxygen atoms in total. The van der Waals surface area contributed by atoms with Crippen molar-refractivity contribution in [2.45, 2.75) is 57.0 Å². The summed E-state index contributed by atoms with van der Waals surface area (Å²) < 4.78 is 0. The SMILES string of the molecule is Cc1ccccc1CN1C(=O)/C(=C/C(=O)N[C@@H]2CCCC[C@H]2C)Sc2ccccc21. The number of carbonyl (C=O) groups excluding carboxylic acids is 2. The molecule has 2 aromatic carbocycles. The van der Waals surface area contributed by atoms with Crippen molar-refractivity contribution in [3.05, 3.63) is 70.6 Å². The molecule has 2 atom stereocenters. The number of hydrogen-bond donors (Lipinski definition) is 1. The summed E-state index contributed by atoms with van der Waals surface area (Å²) in [4.78, 5) is 29.3. The molecular formula is C25H28N2O2S. The molecule has 2 aliphatic rings. The first-order valence-corrected chi connectivity index (χ1v) is 11.5. The predicted molar refractivity (Wildman–Crippen MR) is 122 cm³/mol. The lowest BCUT2D eigenvalue weighted by Gasteiger charge is -2.31. The zero-order valence-electron chi connectivity index (χ0n) is 17.6. The fraction of sp³-hybridized carbons (Fsp3) is 0.360. The number of benzene rings is 2. The molecule has 156 valence electrons. The topological polar surface area (TPSA) is 49.4 Å². The lowest BCUT2D eigenvalue weighted by atomic mass is 9.86. The van der Waals surface area contributed by atoms with E-state index in [1.54, 1.807) is 4.90 Å². The number of thioether (sulfide) groups is 1. The number of fused-ring (bicyclic) bond motifs is 1. The monoisotopic (exact) mass is 420 g/mol. The third-order valence-corrected chi connectivity index (χ3v) is 7.20. The fourth-order valence-electron chi connectivity index (χ4n) is 4.25. The Morgan fingerprint density at radius 1 is 1.13 bits per heavy atom. The molecule has 2 amide bonds. The second kappa shape index (κ2) is 9.09. The number of amides is 2. The van der Waals surface area contributed by atoms with Crippen molar-refractivity contribution >= 4 is 29.3 Å². The van der Waals surface area contributed by atoms with E-state index in [2.05, 4.69) is 25.2 Å². The van der Waals surface area contributed by atoms with Gasteiger partial charge in [-0.1, -0.05) is 67.9 Å². The third-order valence-electron chi connectivity index (χ3n) is 6.12. The Morgan fingerprint density at radius 2 is 1.87 bits per heavy atom. The van der Waals surface area contributed by atoms with Crippen LogP contribution in [0.1, 0.15) is 43.7 Å². The van der Waals surface area contributed by atoms with Crippen molar-refractivity contribution in [1.82, 2.24) is 5.32 Å². The molecule has 2 aromatic rings. The van der Waals surface area contributed by atoms with Crippen molar-refractivity contribution in [1.29, 1.82) is 0 Å². The highest BCUT2D eigenvalue weighted by Crippen LogP contribution is 2.42. The van der Waals surface area contributed by atoms with Gasteiger partial charge in [0.2, 0.25) is 5.91 Å². The van der Waals surface area contributed by atoms with Crippen molar-refractivity contribution < 1.29 is 9.59 Å². The second-order valence-corrected chi connectivity index (χ2v) is 9.36. The van der Waals surface area contributed by atoms with Crippen LogP contribution in [-0.2, 0) is 16.1 Å². The highest BCUT2D eigenvalue weighted by atomic mass is 32.2. The minimum absolute atomic E-state index is 0.117. The second-order valence-electron chi connectivity index (χ2n) is 8.27. The summed E-state index contributed by atoms with van der Waals surface area (Å²) in [6, 6.07) is 16.2. The van der Waals surface area contributed by atoms with Crippen LogP contribution in [-0.4, -0.2) is 17.9 Å². The van der Waals surface area contributed by atoms with Gasteiger partial charge < -0.3 is 10.2 Å². The summed E-state index contributed by atoms with van der Waals surface area (Å²) in [5.74, 6) is 0.197. The van der Waals surface area contributed by atoms with E-state index in [-0.39, 0.29) is 17.9 Å². The lowest BCUT2D eigenvalue weighted by molar-refractivity contribution is -0.119. The number of rotatable bonds is 4. The van der Waals surface area contributed by atoms with E-state index in [4.69, 9.17) is 0 Å². The van der Waals surface area contributed by atoms with E-state index in [9.17, 15) is 9.59 Å². The number of nitrogens with zero attached hydrogens (tertiary/aromatic N) is 1. The minimum atomic E-state index is -0.167. The van der Waals surface area contributed by atoms with Gasteiger partial charge in [0.25, 0.3) is 5.91 Å². The summed E-state index contributed by atoms with van der Waals surface area (Å²) in [6.45, 7) is 4.74. The minimum Gasteiger partial charge on any atom is -0.350 e. The summed E-state index contributed by atoms with van der Waals surface area (Å²) >= 11 is 1.38. The van der Waals surface area contributed by atoms with Gasteiger partial charge in [0.05, 0.1) is 17.1 Å². The molecule has 0 spiro atoms. The molecule has 1 aliphatic carbocycles. The zero-order valence-corrected chi connectivity index (χ0v) is 18.4. The van der Waals surface area contributed by atoms with E-state index in [0.717, 1.165) is 41.0 Å². The van der Waals surface area contributed by atoms with Crippen LogP contribution in [0.25, 0.3) is 0 Å². The van der Waals surface area contributed by atoms with Gasteiger partial charge in [-0.3, -0.25) is 9.59 Å². The van der Waals surface area contributed by atoms with Gasteiger partial charge in [-0.15, -0.1) is 0 Å². The van der Waals surface area contributed by atoms with Crippen LogP contribution in [0.2, 0.25) is 0 Å². The van der Waals surface area contributed by atoms with E-state index in [1.165, 1.54) is 24.3 Å². The largest absolute Gasteiger partial charge is 0.350 e. The molecule has 5 heteroatoms. The maximum atomic E-state index is 13.4. The van der Waals surface area contributed by atoms with E-state index >= 15 is 0 Å². The number of aryl methyl sites for hydroxylation is 1. The molecule has 0 radical (unpaired) electrons. The normalized spacial score (nSPS) is 22.7. The first kappa shape index (κ1) is 20.7. The van der Waals surface area contributed by atoms with Crippen LogP contribution in [0, 0.1) is 12.8 Å². The van der Waals surface area contributed by atoms with Crippen LogP contribution in [0.5, 0.6) is 0 Å². The standard InChI is InChI=1S/C25H28N2O2S/c1-17-9-3-5-11-19(17)16-27-21-13-7-8-14-22(21)30-23(25(27)29)15-24(28)26-20-12-6-4-10-18(20)2/h3,5,7-9,11,13-15,18,20H,4,6,10,12,16H2,1-2H3,(H,26,28)/b23-15-/t18-,20-/m1/s1. The number of hydrogen-bond acceptors (Lipinski definition) is 3. The first-order chi connectivity index (χ1) is 14.5. The maximum Gasteiger partial charge on any atom is 0.265 e. The number of anilines is 1. The van der Waals surface area contributed by atoms with Gasteiger partial charge in [-0.2, -0.15) is 0 Å². The maximum absolute atomic E-state index is 13.4. The third kappa shape index (κ3) is 4.46. The summed E-state index contributed by atoms with van der Waals surface area (Å²) in [5.41, 5.74) is 3.15. The molecule has 0 bridgehead atoms. The average Bonchev–Trinajstić information content (AvgIpc) is 2.74. The molecule has 0 unspecified atom stereocenters. The van der Waals surface area contributed by atoms with Crippen LogP contribution in [0.3, 0.4) is 0 Å². The molecule has 1 N–H and O–H groups in total. The molecular weight excluding hydrogens is 392 g/mol. The molecule has 4 rings (SSSR count). The van der Waals surface area contributed by atoms with E-state index < -0.39 is 0 Å². The quantitative estimate of drug-likeness (QED) is 0.691. The van der Waals surface area contributed by atoms with Gasteiger partial charge in [-0.05, 0) is 48.9 Å². The Morgan fingerprint density at radius 3 is 2.67 bits per heavy atom. The van der Waals surface area contributed by atoms with Crippen molar-refractivity contribution in [3.63, 3.8) is 0 Å². The summed E-state index contributed by atoms with van der Waals surface area (Å²) in [7, 11) is 0. The van der Waals surface area contributed by atoms with E-state index in [1.807, 2.05) is 42.5 Å². The highest BCUT2D eigenvalue weighted by molar-refractivity contribution is 8.04. The van der Waals surface area contributed by atoms with Crippen molar-refractivity contribution in [2.75, 3.05) is 4.90 Å². The fourth-order valence-corrected chi connectivity index (χ4v) is 5.28. The zero-order chi connectivity index (χ0) is 21.1. The number of carbonyl (C=O) groups is 2. The smallest absolute Gasteiger partial charge is 0.265 e. The molecule has 1 heterocycles. The predicted octanol–water partition coefficient (Wildman–Crippen LogP) is 5.21. The molecule has 1 aliphatic heterocycles. The van der Waals surface area contributed by atoms with Crippen LogP contribution >= 0.6 is 11.8 Å². The Hall–Kier alpha value is -2.53. The Labute approximate surface area is 182 Å². The Kier molecular flexibility index (Phi) is 6.28. The number of para-hydroxylation sites is 1. The lowest BCUT2D eigenvalue weighted by Crippen LogP contribution is -2.41. The first-order valence-electron chi connectivity index (χ1n) is 10.7. The van der Waals surface area contributed by atoms with Gasteiger partial charge in [-0.25, -0.2) is 0 Å².